The number of ether oxygens (including phenoxy) is 1. The SMILES string of the molecule is COC(=O)C1=C(C)NC(c2ccc(-c3ccc(C(F)(F)F)cc3)cn2)=NC1c1ccc(F)cc1Cl. The van der Waals surface area contributed by atoms with E-state index in [-0.39, 0.29) is 10.6 Å². The monoisotopic (exact) mass is 503 g/mol. The van der Waals surface area contributed by atoms with E-state index in [4.69, 9.17) is 16.3 Å². The first kappa shape index (κ1) is 24.4. The van der Waals surface area contributed by atoms with E-state index in [0.29, 0.717) is 33.9 Å². The van der Waals surface area contributed by atoms with Gasteiger partial charge < -0.3 is 10.1 Å². The van der Waals surface area contributed by atoms with E-state index in [1.54, 1.807) is 19.1 Å². The van der Waals surface area contributed by atoms with Crippen LogP contribution in [0.15, 0.2) is 77.1 Å². The molecule has 0 saturated heterocycles. The molecule has 0 saturated carbocycles. The summed E-state index contributed by atoms with van der Waals surface area (Å²) in [5.74, 6) is -0.814. The van der Waals surface area contributed by atoms with Crippen molar-refractivity contribution in [3.63, 3.8) is 0 Å². The molecule has 2 heterocycles. The van der Waals surface area contributed by atoms with Gasteiger partial charge in [0.1, 0.15) is 17.6 Å². The van der Waals surface area contributed by atoms with Crippen LogP contribution in [0.5, 0.6) is 0 Å². The Morgan fingerprint density at radius 2 is 1.74 bits per heavy atom. The molecule has 10 heteroatoms. The van der Waals surface area contributed by atoms with Gasteiger partial charge in [0.05, 0.1) is 18.2 Å². The third-order valence-electron chi connectivity index (χ3n) is 5.46. The number of amidine groups is 1. The van der Waals surface area contributed by atoms with Crippen molar-refractivity contribution in [2.24, 2.45) is 4.99 Å². The predicted molar refractivity (Wildman–Crippen MR) is 123 cm³/mol. The smallest absolute Gasteiger partial charge is 0.416 e. The minimum absolute atomic E-state index is 0.0970. The van der Waals surface area contributed by atoms with Crippen LogP contribution in [0, 0.1) is 5.82 Å². The Labute approximate surface area is 203 Å². The quantitative estimate of drug-likeness (QED) is 0.345. The third-order valence-corrected chi connectivity index (χ3v) is 5.78. The normalized spacial score (nSPS) is 16.0. The van der Waals surface area contributed by atoms with E-state index >= 15 is 0 Å². The van der Waals surface area contributed by atoms with Crippen molar-refractivity contribution in [1.29, 1.82) is 0 Å². The van der Waals surface area contributed by atoms with Crippen LogP contribution in [0.2, 0.25) is 5.02 Å². The fourth-order valence-corrected chi connectivity index (χ4v) is 3.96. The molecule has 1 unspecified atom stereocenters. The Balaban J connectivity index is 1.69. The van der Waals surface area contributed by atoms with Crippen LogP contribution in [-0.2, 0) is 15.7 Å². The molecule has 1 aliphatic rings. The fraction of sp³-hybridized carbons (Fsp3) is 0.160. The highest BCUT2D eigenvalue weighted by atomic mass is 35.5. The molecule has 1 aromatic heterocycles. The number of aromatic nitrogens is 1. The number of halogens is 5. The minimum atomic E-state index is -4.41. The zero-order chi connectivity index (χ0) is 25.3. The summed E-state index contributed by atoms with van der Waals surface area (Å²) in [6, 6.07) is 11.0. The molecule has 0 fully saturated rings. The maximum absolute atomic E-state index is 13.6. The number of benzene rings is 2. The molecular weight excluding hydrogens is 486 g/mol. The molecule has 1 N–H and O–H groups in total. The largest absolute Gasteiger partial charge is 0.466 e. The first-order valence-corrected chi connectivity index (χ1v) is 10.7. The van der Waals surface area contributed by atoms with Crippen LogP contribution in [-0.4, -0.2) is 23.9 Å². The average molecular weight is 504 g/mol. The molecule has 1 atom stereocenters. The number of esters is 1. The van der Waals surface area contributed by atoms with E-state index in [9.17, 15) is 22.4 Å². The average Bonchev–Trinajstić information content (AvgIpc) is 2.83. The van der Waals surface area contributed by atoms with E-state index < -0.39 is 29.6 Å². The highest BCUT2D eigenvalue weighted by molar-refractivity contribution is 6.31. The number of hydrogen-bond donors (Lipinski definition) is 1. The van der Waals surface area contributed by atoms with E-state index in [0.717, 1.165) is 18.2 Å². The van der Waals surface area contributed by atoms with Crippen LogP contribution in [0.4, 0.5) is 17.6 Å². The Bertz CT molecular complexity index is 1330. The van der Waals surface area contributed by atoms with Crippen LogP contribution in [0.1, 0.15) is 29.8 Å². The summed E-state index contributed by atoms with van der Waals surface area (Å²) in [6.07, 6.45) is -2.90. The Hall–Kier alpha value is -3.72. The molecule has 0 bridgehead atoms. The summed E-state index contributed by atoms with van der Waals surface area (Å²) < 4.78 is 57.0. The van der Waals surface area contributed by atoms with Crippen molar-refractivity contribution in [3.05, 3.63) is 99.7 Å². The van der Waals surface area contributed by atoms with Crippen LogP contribution in [0.25, 0.3) is 11.1 Å². The zero-order valence-electron chi connectivity index (χ0n) is 18.5. The second kappa shape index (κ2) is 9.50. The lowest BCUT2D eigenvalue weighted by Gasteiger charge is -2.26. The Morgan fingerprint density at radius 1 is 1.06 bits per heavy atom. The highest BCUT2D eigenvalue weighted by Gasteiger charge is 2.32. The van der Waals surface area contributed by atoms with Crippen LogP contribution >= 0.6 is 11.6 Å². The molecule has 0 radical (unpaired) electrons. The molecule has 0 spiro atoms. The van der Waals surface area contributed by atoms with E-state index in [2.05, 4.69) is 15.3 Å². The molecule has 3 aromatic rings. The molecule has 1 aliphatic heterocycles. The number of methoxy groups -OCH3 is 1. The van der Waals surface area contributed by atoms with E-state index in [1.165, 1.54) is 37.6 Å². The third kappa shape index (κ3) is 5.05. The first-order chi connectivity index (χ1) is 16.6. The standard InChI is InChI=1S/C25H18ClF4N3O2/c1-13-21(24(34)35-2)22(18-9-8-17(27)11-19(18)26)33-23(32-13)20-10-5-15(12-31-20)14-3-6-16(7-4-14)25(28,29)30/h3-12,22H,1-2H3,(H,32,33). The van der Waals surface area contributed by atoms with Gasteiger partial charge in [0.2, 0.25) is 0 Å². The maximum Gasteiger partial charge on any atom is 0.416 e. The van der Waals surface area contributed by atoms with Gasteiger partial charge in [0, 0.05) is 28.0 Å². The Morgan fingerprint density at radius 3 is 2.31 bits per heavy atom. The summed E-state index contributed by atoms with van der Waals surface area (Å²) in [4.78, 5) is 21.5. The molecule has 5 nitrogen and oxygen atoms in total. The molecule has 180 valence electrons. The molecule has 0 amide bonds. The second-order valence-electron chi connectivity index (χ2n) is 7.71. The summed E-state index contributed by atoms with van der Waals surface area (Å²) in [5, 5.41) is 3.13. The fourth-order valence-electron chi connectivity index (χ4n) is 3.69. The topological polar surface area (TPSA) is 63.6 Å². The number of pyridine rings is 1. The summed E-state index contributed by atoms with van der Waals surface area (Å²) >= 11 is 6.25. The maximum atomic E-state index is 13.6. The van der Waals surface area contributed by atoms with Crippen LogP contribution < -0.4 is 5.32 Å². The van der Waals surface area contributed by atoms with Gasteiger partial charge >= 0.3 is 12.1 Å². The predicted octanol–water partition coefficient (Wildman–Crippen LogP) is 6.10. The number of nitrogens with zero attached hydrogens (tertiary/aromatic N) is 2. The van der Waals surface area contributed by atoms with Gasteiger partial charge in [-0.05, 0) is 42.8 Å². The number of hydrogen-bond acceptors (Lipinski definition) is 5. The van der Waals surface area contributed by atoms with Gasteiger partial charge in [0.25, 0.3) is 0 Å². The Kier molecular flexibility index (Phi) is 6.62. The van der Waals surface area contributed by atoms with Gasteiger partial charge in [-0.3, -0.25) is 9.98 Å². The summed E-state index contributed by atoms with van der Waals surface area (Å²) in [6.45, 7) is 1.67. The second-order valence-corrected chi connectivity index (χ2v) is 8.12. The molecule has 4 rings (SSSR count). The van der Waals surface area contributed by atoms with Crippen molar-refractivity contribution >= 4 is 23.4 Å². The number of carbonyl (C=O) groups excluding carboxylic acids is 1. The number of allylic oxidation sites excluding steroid dienone is 1. The van der Waals surface area contributed by atoms with Gasteiger partial charge in [-0.15, -0.1) is 0 Å². The van der Waals surface area contributed by atoms with Crippen molar-refractivity contribution in [2.45, 2.75) is 19.1 Å². The van der Waals surface area contributed by atoms with Gasteiger partial charge in [0.15, 0.2) is 5.84 Å². The van der Waals surface area contributed by atoms with Gasteiger partial charge in [-0.25, -0.2) is 9.18 Å². The molecule has 35 heavy (non-hydrogen) atoms. The van der Waals surface area contributed by atoms with Gasteiger partial charge in [-0.2, -0.15) is 13.2 Å². The number of aliphatic imine (C=N–C) groups is 1. The van der Waals surface area contributed by atoms with Crippen molar-refractivity contribution < 1.29 is 27.1 Å². The van der Waals surface area contributed by atoms with Crippen LogP contribution in [0.3, 0.4) is 0 Å². The van der Waals surface area contributed by atoms with Crippen molar-refractivity contribution in [2.75, 3.05) is 7.11 Å². The van der Waals surface area contributed by atoms with Crippen molar-refractivity contribution in [1.82, 2.24) is 10.3 Å². The summed E-state index contributed by atoms with van der Waals surface area (Å²) in [5.41, 5.74) is 1.95. The lowest BCUT2D eigenvalue weighted by Crippen LogP contribution is -2.33. The first-order valence-electron chi connectivity index (χ1n) is 10.3. The molecule has 0 aliphatic carbocycles. The molecular formula is C25H18ClF4N3O2. The minimum Gasteiger partial charge on any atom is -0.466 e. The summed E-state index contributed by atoms with van der Waals surface area (Å²) in [7, 11) is 1.24. The number of alkyl halides is 3. The lowest BCUT2D eigenvalue weighted by atomic mass is 9.95. The number of carbonyl (C=O) groups is 1. The van der Waals surface area contributed by atoms with Crippen molar-refractivity contribution in [3.8, 4) is 11.1 Å². The zero-order valence-corrected chi connectivity index (χ0v) is 19.2. The molecule has 2 aromatic carbocycles. The highest BCUT2D eigenvalue weighted by Crippen LogP contribution is 2.36. The lowest BCUT2D eigenvalue weighted by molar-refractivity contribution is -0.138. The number of nitrogens with one attached hydrogen (secondary N) is 1. The number of rotatable bonds is 4. The van der Waals surface area contributed by atoms with E-state index in [1.807, 2.05) is 0 Å². The van der Waals surface area contributed by atoms with Gasteiger partial charge in [-0.1, -0.05) is 35.9 Å².